The van der Waals surface area contributed by atoms with E-state index in [2.05, 4.69) is 10.3 Å². The second kappa shape index (κ2) is 5.54. The van der Waals surface area contributed by atoms with Crippen molar-refractivity contribution < 1.29 is 12.8 Å². The molecule has 0 bridgehead atoms. The molecule has 110 valence electrons. The first-order valence-corrected chi connectivity index (χ1v) is 8.36. The Balaban J connectivity index is 1.86. The van der Waals surface area contributed by atoms with Gasteiger partial charge in [0, 0.05) is 25.0 Å². The normalized spacial score (nSPS) is 20.0. The molecule has 0 amide bonds. The highest BCUT2D eigenvalue weighted by molar-refractivity contribution is 7.91. The number of nitrogens with zero attached hydrogens (tertiary/aromatic N) is 1. The molecule has 1 N–H and O–H groups in total. The van der Waals surface area contributed by atoms with Gasteiger partial charge >= 0.3 is 0 Å². The molecule has 0 saturated carbocycles. The molecule has 0 radical (unpaired) electrons. The van der Waals surface area contributed by atoms with E-state index in [9.17, 15) is 12.8 Å². The molecule has 1 aliphatic rings. The largest absolute Gasteiger partial charge is 0.306 e. The summed E-state index contributed by atoms with van der Waals surface area (Å²) >= 11 is 0. The minimum Gasteiger partial charge on any atom is -0.306 e. The van der Waals surface area contributed by atoms with Crippen LogP contribution >= 0.6 is 0 Å². The van der Waals surface area contributed by atoms with Gasteiger partial charge in [0.05, 0.1) is 10.6 Å². The van der Waals surface area contributed by atoms with Crippen molar-refractivity contribution in [1.82, 2.24) is 10.3 Å². The lowest BCUT2D eigenvalue weighted by Gasteiger charge is -2.26. The van der Waals surface area contributed by atoms with E-state index >= 15 is 0 Å². The fourth-order valence-electron chi connectivity index (χ4n) is 2.57. The Morgan fingerprint density at radius 1 is 1.24 bits per heavy atom. The molecule has 1 unspecified atom stereocenters. The van der Waals surface area contributed by atoms with Crippen LogP contribution in [0, 0.1) is 5.82 Å². The number of sulfone groups is 1. The summed E-state index contributed by atoms with van der Waals surface area (Å²) < 4.78 is 37.5. The molecule has 21 heavy (non-hydrogen) atoms. The summed E-state index contributed by atoms with van der Waals surface area (Å²) in [6.45, 7) is 0.586. The predicted octanol–water partition coefficient (Wildman–Crippen LogP) is 2.23. The molecule has 0 spiro atoms. The lowest BCUT2D eigenvalue weighted by molar-refractivity contribution is 0.487. The first-order valence-electron chi connectivity index (χ1n) is 6.71. The number of fused-ring (bicyclic) bond motifs is 1. The molecule has 4 nitrogen and oxygen atoms in total. The van der Waals surface area contributed by atoms with Crippen LogP contribution in [0.2, 0.25) is 0 Å². The standard InChI is InChI=1S/C15H15FN2O2S/c16-12-1-2-15-13(9-12)14(5-8-21(15,19)20)18-10-11-3-6-17-7-4-11/h1-4,6-7,9,14,18H,5,8,10H2. The van der Waals surface area contributed by atoms with E-state index in [4.69, 9.17) is 0 Å². The number of nitrogens with one attached hydrogen (secondary N) is 1. The van der Waals surface area contributed by atoms with Gasteiger partial charge in [-0.1, -0.05) is 0 Å². The minimum atomic E-state index is -3.29. The lowest BCUT2D eigenvalue weighted by Crippen LogP contribution is -2.29. The molecule has 1 aromatic carbocycles. The Kier molecular flexibility index (Phi) is 3.73. The molecule has 0 saturated heterocycles. The Bertz CT molecular complexity index is 748. The van der Waals surface area contributed by atoms with E-state index in [0.717, 1.165) is 5.56 Å². The minimum absolute atomic E-state index is 0.0830. The maximum absolute atomic E-state index is 13.5. The van der Waals surface area contributed by atoms with Crippen molar-refractivity contribution in [3.05, 3.63) is 59.7 Å². The van der Waals surface area contributed by atoms with Gasteiger partial charge in [-0.05, 0) is 47.9 Å². The number of benzene rings is 1. The lowest BCUT2D eigenvalue weighted by atomic mass is 10.0. The fraction of sp³-hybridized carbons (Fsp3) is 0.267. The fourth-order valence-corrected chi connectivity index (χ4v) is 4.17. The van der Waals surface area contributed by atoms with E-state index in [-0.39, 0.29) is 16.7 Å². The molecule has 2 heterocycles. The van der Waals surface area contributed by atoms with Crippen LogP contribution in [0.15, 0.2) is 47.6 Å². The number of hydrogen-bond acceptors (Lipinski definition) is 4. The highest BCUT2D eigenvalue weighted by Crippen LogP contribution is 2.32. The first-order chi connectivity index (χ1) is 10.1. The average Bonchev–Trinajstić information content (AvgIpc) is 2.47. The summed E-state index contributed by atoms with van der Waals surface area (Å²) in [6.07, 6.45) is 3.86. The molecule has 1 aromatic heterocycles. The third kappa shape index (κ3) is 2.96. The van der Waals surface area contributed by atoms with Gasteiger partial charge in [-0.15, -0.1) is 0 Å². The van der Waals surface area contributed by atoms with Crippen molar-refractivity contribution in [3.8, 4) is 0 Å². The Labute approximate surface area is 123 Å². The van der Waals surface area contributed by atoms with Crippen LogP contribution in [0.25, 0.3) is 0 Å². The van der Waals surface area contributed by atoms with Crippen LogP contribution in [0.5, 0.6) is 0 Å². The number of rotatable bonds is 3. The Morgan fingerprint density at radius 3 is 2.76 bits per heavy atom. The van der Waals surface area contributed by atoms with Crippen LogP contribution in [0.3, 0.4) is 0 Å². The molecule has 1 aliphatic heterocycles. The maximum Gasteiger partial charge on any atom is 0.178 e. The second-order valence-electron chi connectivity index (χ2n) is 5.08. The topological polar surface area (TPSA) is 59.1 Å². The number of aromatic nitrogens is 1. The smallest absolute Gasteiger partial charge is 0.178 e. The molecule has 0 aliphatic carbocycles. The number of hydrogen-bond donors (Lipinski definition) is 1. The molecule has 3 rings (SSSR count). The SMILES string of the molecule is O=S1(=O)CCC(NCc2ccncc2)c2cc(F)ccc21. The monoisotopic (exact) mass is 306 g/mol. The zero-order chi connectivity index (χ0) is 14.9. The quantitative estimate of drug-likeness (QED) is 0.884. The van der Waals surface area contributed by atoms with E-state index in [1.807, 2.05) is 12.1 Å². The molecular weight excluding hydrogens is 291 g/mol. The molecule has 1 atom stereocenters. The van der Waals surface area contributed by atoms with Gasteiger partial charge in [-0.2, -0.15) is 0 Å². The van der Waals surface area contributed by atoms with E-state index in [0.29, 0.717) is 18.5 Å². The van der Waals surface area contributed by atoms with Gasteiger partial charge in [0.25, 0.3) is 0 Å². The summed E-state index contributed by atoms with van der Waals surface area (Å²) in [5.74, 6) is -0.332. The third-order valence-electron chi connectivity index (χ3n) is 3.66. The average molecular weight is 306 g/mol. The molecule has 6 heteroatoms. The maximum atomic E-state index is 13.5. The summed E-state index contributed by atoms with van der Waals surface area (Å²) in [6, 6.07) is 7.49. The summed E-state index contributed by atoms with van der Waals surface area (Å²) in [4.78, 5) is 4.19. The van der Waals surface area contributed by atoms with Crippen molar-refractivity contribution in [3.63, 3.8) is 0 Å². The highest BCUT2D eigenvalue weighted by Gasteiger charge is 2.30. The van der Waals surface area contributed by atoms with Crippen molar-refractivity contribution in [2.24, 2.45) is 0 Å². The van der Waals surface area contributed by atoms with Gasteiger partial charge in [0.15, 0.2) is 9.84 Å². The van der Waals surface area contributed by atoms with Crippen LogP contribution in [-0.2, 0) is 16.4 Å². The predicted molar refractivity (Wildman–Crippen MR) is 76.9 cm³/mol. The number of pyridine rings is 1. The zero-order valence-corrected chi connectivity index (χ0v) is 12.1. The van der Waals surface area contributed by atoms with Gasteiger partial charge in [-0.3, -0.25) is 4.98 Å². The van der Waals surface area contributed by atoms with Gasteiger partial charge < -0.3 is 5.32 Å². The second-order valence-corrected chi connectivity index (χ2v) is 7.16. The van der Waals surface area contributed by atoms with Gasteiger partial charge in [0.1, 0.15) is 5.82 Å². The highest BCUT2D eigenvalue weighted by atomic mass is 32.2. The zero-order valence-electron chi connectivity index (χ0n) is 11.3. The van der Waals surface area contributed by atoms with Crippen LogP contribution in [-0.4, -0.2) is 19.2 Å². The number of halogens is 1. The first kappa shape index (κ1) is 14.2. The van der Waals surface area contributed by atoms with Crippen LogP contribution in [0.1, 0.15) is 23.6 Å². The molecule has 2 aromatic rings. The van der Waals surface area contributed by atoms with Gasteiger partial charge in [0.2, 0.25) is 0 Å². The van der Waals surface area contributed by atoms with Gasteiger partial charge in [-0.25, -0.2) is 12.8 Å². The van der Waals surface area contributed by atoms with Crippen molar-refractivity contribution in [2.75, 3.05) is 5.75 Å². The Hall–Kier alpha value is -1.79. The van der Waals surface area contributed by atoms with E-state index < -0.39 is 15.7 Å². The van der Waals surface area contributed by atoms with Crippen LogP contribution < -0.4 is 5.32 Å². The van der Waals surface area contributed by atoms with Crippen molar-refractivity contribution >= 4 is 9.84 Å². The summed E-state index contributed by atoms with van der Waals surface area (Å²) in [5, 5.41) is 3.30. The van der Waals surface area contributed by atoms with E-state index in [1.165, 1.54) is 18.2 Å². The Morgan fingerprint density at radius 2 is 2.00 bits per heavy atom. The van der Waals surface area contributed by atoms with E-state index in [1.54, 1.807) is 12.4 Å². The summed E-state index contributed by atoms with van der Waals surface area (Å²) in [5.41, 5.74) is 1.58. The van der Waals surface area contributed by atoms with Crippen molar-refractivity contribution in [2.45, 2.75) is 23.9 Å². The summed E-state index contributed by atoms with van der Waals surface area (Å²) in [7, 11) is -3.29. The molecule has 0 fully saturated rings. The van der Waals surface area contributed by atoms with Crippen LogP contribution in [0.4, 0.5) is 4.39 Å². The molecular formula is C15H15FN2O2S. The van der Waals surface area contributed by atoms with Crippen molar-refractivity contribution in [1.29, 1.82) is 0 Å². The third-order valence-corrected chi connectivity index (χ3v) is 5.47.